The van der Waals surface area contributed by atoms with Crippen molar-refractivity contribution in [2.75, 3.05) is 0 Å². The normalized spacial score (nSPS) is 12.6. The lowest BCUT2D eigenvalue weighted by Crippen LogP contribution is -2.43. The van der Waals surface area contributed by atoms with Gasteiger partial charge in [-0.15, -0.1) is 11.3 Å². The molecular formula is C13H18N2O5S. The van der Waals surface area contributed by atoms with Crippen LogP contribution in [0.2, 0.25) is 0 Å². The molecule has 0 aromatic carbocycles. The number of carboxylic acid groups (broad SMARTS) is 1. The average molecular weight is 314 g/mol. The van der Waals surface area contributed by atoms with Crippen molar-refractivity contribution in [1.82, 2.24) is 10.3 Å². The van der Waals surface area contributed by atoms with Crippen LogP contribution in [-0.4, -0.2) is 39.6 Å². The third kappa shape index (κ3) is 5.90. The van der Waals surface area contributed by atoms with Gasteiger partial charge in [0.05, 0.1) is 11.4 Å². The minimum Gasteiger partial charge on any atom is -0.480 e. The lowest BCUT2D eigenvalue weighted by Gasteiger charge is -2.21. The maximum atomic E-state index is 11.9. The summed E-state index contributed by atoms with van der Waals surface area (Å²) in [7, 11) is 0. The van der Waals surface area contributed by atoms with E-state index in [-0.39, 0.29) is 5.69 Å². The lowest BCUT2D eigenvalue weighted by atomic mass is 10.1. The molecule has 1 aromatic rings. The Labute approximate surface area is 126 Å². The van der Waals surface area contributed by atoms with Crippen molar-refractivity contribution in [3.8, 4) is 0 Å². The number of hydrogen-bond acceptors (Lipinski definition) is 6. The zero-order valence-electron chi connectivity index (χ0n) is 12.3. The van der Waals surface area contributed by atoms with Gasteiger partial charge in [0, 0.05) is 5.38 Å². The van der Waals surface area contributed by atoms with Crippen LogP contribution < -0.4 is 5.32 Å². The highest BCUT2D eigenvalue weighted by atomic mass is 32.1. The first-order chi connectivity index (χ1) is 9.58. The Morgan fingerprint density at radius 1 is 1.43 bits per heavy atom. The highest BCUT2D eigenvalue weighted by Gasteiger charge is 2.27. The molecule has 1 amide bonds. The van der Waals surface area contributed by atoms with Crippen molar-refractivity contribution in [3.63, 3.8) is 0 Å². The highest BCUT2D eigenvalue weighted by Crippen LogP contribution is 2.11. The van der Waals surface area contributed by atoms with Gasteiger partial charge in [0.2, 0.25) is 0 Å². The summed E-state index contributed by atoms with van der Waals surface area (Å²) in [6, 6.07) is -1.35. The van der Waals surface area contributed by atoms with E-state index >= 15 is 0 Å². The van der Waals surface area contributed by atoms with Gasteiger partial charge in [0.1, 0.15) is 17.3 Å². The maximum absolute atomic E-state index is 11.9. The summed E-state index contributed by atoms with van der Waals surface area (Å²) in [5, 5.41) is 13.6. The van der Waals surface area contributed by atoms with Crippen LogP contribution in [0.25, 0.3) is 0 Å². The number of aromatic nitrogens is 1. The number of rotatable bonds is 5. The van der Waals surface area contributed by atoms with E-state index in [1.807, 2.05) is 0 Å². The van der Waals surface area contributed by atoms with Gasteiger partial charge in [-0.3, -0.25) is 9.59 Å². The largest absolute Gasteiger partial charge is 0.480 e. The monoisotopic (exact) mass is 314 g/mol. The molecule has 0 aliphatic rings. The number of aryl methyl sites for hydroxylation is 1. The molecule has 1 heterocycles. The van der Waals surface area contributed by atoms with E-state index in [0.29, 0.717) is 5.01 Å². The highest BCUT2D eigenvalue weighted by molar-refractivity contribution is 7.09. The van der Waals surface area contributed by atoms with Crippen LogP contribution in [0.4, 0.5) is 0 Å². The van der Waals surface area contributed by atoms with E-state index in [0.717, 1.165) is 0 Å². The van der Waals surface area contributed by atoms with Crippen molar-refractivity contribution in [3.05, 3.63) is 16.1 Å². The molecule has 0 radical (unpaired) electrons. The molecule has 0 bridgehead atoms. The molecule has 7 nitrogen and oxygen atoms in total. The first-order valence-corrected chi connectivity index (χ1v) is 7.14. The van der Waals surface area contributed by atoms with Gasteiger partial charge in [-0.25, -0.2) is 9.78 Å². The number of esters is 1. The Morgan fingerprint density at radius 3 is 2.48 bits per heavy atom. The Hall–Kier alpha value is -1.96. The molecule has 0 unspecified atom stereocenters. The van der Waals surface area contributed by atoms with Gasteiger partial charge in [0.15, 0.2) is 0 Å². The molecule has 2 N–H and O–H groups in total. The van der Waals surface area contributed by atoms with E-state index in [2.05, 4.69) is 10.3 Å². The molecule has 116 valence electrons. The number of nitrogens with zero attached hydrogens (tertiary/aromatic N) is 1. The Morgan fingerprint density at radius 2 is 2.05 bits per heavy atom. The van der Waals surface area contributed by atoms with E-state index in [9.17, 15) is 14.4 Å². The fraction of sp³-hybridized carbons (Fsp3) is 0.538. The zero-order valence-corrected chi connectivity index (χ0v) is 13.1. The van der Waals surface area contributed by atoms with E-state index in [1.54, 1.807) is 27.7 Å². The maximum Gasteiger partial charge on any atom is 0.326 e. The van der Waals surface area contributed by atoms with E-state index < -0.39 is 35.9 Å². The molecule has 1 rings (SSSR count). The number of nitrogens with one attached hydrogen (secondary N) is 1. The van der Waals surface area contributed by atoms with Crippen molar-refractivity contribution in [2.45, 2.75) is 45.8 Å². The minimum absolute atomic E-state index is 0.132. The number of carbonyl (C=O) groups is 3. The first kappa shape index (κ1) is 17.1. The van der Waals surface area contributed by atoms with Crippen LogP contribution in [0.5, 0.6) is 0 Å². The number of ether oxygens (including phenoxy) is 1. The summed E-state index contributed by atoms with van der Waals surface area (Å²) in [4.78, 5) is 38.6. The number of aliphatic carboxylic acids is 1. The standard InChI is InChI=1S/C13H18N2O5S/c1-7-14-9(6-21-7)11(17)15-8(12(18)19)5-10(16)20-13(2,3)4/h6,8H,5H2,1-4H3,(H,15,17)(H,18,19)/t8-/m0/s1. The summed E-state index contributed by atoms with van der Waals surface area (Å²) < 4.78 is 5.04. The van der Waals surface area contributed by atoms with Crippen molar-refractivity contribution in [2.24, 2.45) is 0 Å². The molecule has 0 spiro atoms. The number of carboxylic acids is 1. The number of amides is 1. The lowest BCUT2D eigenvalue weighted by molar-refractivity contribution is -0.158. The van der Waals surface area contributed by atoms with Crippen LogP contribution in [0.15, 0.2) is 5.38 Å². The number of thiazole rings is 1. The fourth-order valence-corrected chi connectivity index (χ4v) is 2.04. The van der Waals surface area contributed by atoms with Crippen LogP contribution >= 0.6 is 11.3 Å². The van der Waals surface area contributed by atoms with E-state index in [4.69, 9.17) is 9.84 Å². The van der Waals surface area contributed by atoms with E-state index in [1.165, 1.54) is 16.7 Å². The van der Waals surface area contributed by atoms with Crippen LogP contribution in [0.3, 0.4) is 0 Å². The molecule has 0 aliphatic carbocycles. The third-order valence-electron chi connectivity index (χ3n) is 2.25. The fourth-order valence-electron chi connectivity index (χ4n) is 1.45. The summed E-state index contributed by atoms with van der Waals surface area (Å²) in [6.45, 7) is 6.77. The molecule has 21 heavy (non-hydrogen) atoms. The van der Waals surface area contributed by atoms with Crippen molar-refractivity contribution < 1.29 is 24.2 Å². The second-order valence-electron chi connectivity index (χ2n) is 5.41. The average Bonchev–Trinajstić information content (AvgIpc) is 2.72. The Kier molecular flexibility index (Phi) is 5.42. The van der Waals surface area contributed by atoms with Crippen LogP contribution in [-0.2, 0) is 14.3 Å². The quantitative estimate of drug-likeness (QED) is 0.795. The Balaban J connectivity index is 2.68. The van der Waals surface area contributed by atoms with Gasteiger partial charge in [-0.05, 0) is 27.7 Å². The first-order valence-electron chi connectivity index (χ1n) is 6.26. The SMILES string of the molecule is Cc1nc(C(=O)N[C@@H](CC(=O)OC(C)(C)C)C(=O)O)cs1. The van der Waals surface area contributed by atoms with Crippen LogP contribution in [0.1, 0.15) is 42.7 Å². The molecule has 0 saturated carbocycles. The molecule has 1 atom stereocenters. The van der Waals surface area contributed by atoms with Gasteiger partial charge < -0.3 is 15.2 Å². The second-order valence-corrected chi connectivity index (χ2v) is 6.47. The van der Waals surface area contributed by atoms with Crippen molar-refractivity contribution >= 4 is 29.2 Å². The summed E-state index contributed by atoms with van der Waals surface area (Å²) in [5.74, 6) is -2.62. The second kappa shape index (κ2) is 6.66. The minimum atomic E-state index is -1.35. The molecule has 0 saturated heterocycles. The topological polar surface area (TPSA) is 106 Å². The summed E-state index contributed by atoms with van der Waals surface area (Å²) in [6.07, 6.45) is -0.443. The van der Waals surface area contributed by atoms with Gasteiger partial charge >= 0.3 is 11.9 Å². The third-order valence-corrected chi connectivity index (χ3v) is 3.02. The summed E-state index contributed by atoms with van der Waals surface area (Å²) in [5.41, 5.74) is -0.580. The van der Waals surface area contributed by atoms with Gasteiger partial charge in [0.25, 0.3) is 5.91 Å². The number of carbonyl (C=O) groups excluding carboxylic acids is 2. The number of hydrogen-bond donors (Lipinski definition) is 2. The molecule has 1 aromatic heterocycles. The predicted molar refractivity (Wildman–Crippen MR) is 76.2 cm³/mol. The zero-order chi connectivity index (χ0) is 16.2. The predicted octanol–water partition coefficient (Wildman–Crippen LogP) is 1.37. The molecule has 8 heteroatoms. The van der Waals surface area contributed by atoms with Crippen molar-refractivity contribution in [1.29, 1.82) is 0 Å². The molecule has 0 aliphatic heterocycles. The Bertz CT molecular complexity index is 547. The van der Waals surface area contributed by atoms with Crippen LogP contribution in [0, 0.1) is 6.92 Å². The van der Waals surface area contributed by atoms with Gasteiger partial charge in [-0.1, -0.05) is 0 Å². The summed E-state index contributed by atoms with van der Waals surface area (Å²) >= 11 is 1.28. The smallest absolute Gasteiger partial charge is 0.326 e. The molecular weight excluding hydrogens is 296 g/mol. The van der Waals surface area contributed by atoms with Gasteiger partial charge in [-0.2, -0.15) is 0 Å². The molecule has 0 fully saturated rings.